The number of benzene rings is 2. The molecule has 8 nitrogen and oxygen atoms in total. The molecule has 0 spiro atoms. The lowest BCUT2D eigenvalue weighted by Gasteiger charge is -2.36. The number of carbonyl (C=O) groups excluding carboxylic acids is 1. The predicted octanol–water partition coefficient (Wildman–Crippen LogP) is 3.56. The van der Waals surface area contributed by atoms with Crippen molar-refractivity contribution >= 4 is 29.2 Å². The van der Waals surface area contributed by atoms with Crippen molar-refractivity contribution in [3.63, 3.8) is 0 Å². The molecule has 4 rings (SSSR count). The van der Waals surface area contributed by atoms with Gasteiger partial charge in [0.2, 0.25) is 5.95 Å². The van der Waals surface area contributed by atoms with Crippen LogP contribution in [0.15, 0.2) is 60.8 Å². The lowest BCUT2D eigenvalue weighted by atomic mass is 10.1. The summed E-state index contributed by atoms with van der Waals surface area (Å²) in [5, 5.41) is 13.1. The highest BCUT2D eigenvalue weighted by Crippen LogP contribution is 2.32. The monoisotopic (exact) mass is 405 g/mol. The van der Waals surface area contributed by atoms with E-state index in [0.29, 0.717) is 24.1 Å². The van der Waals surface area contributed by atoms with Gasteiger partial charge in [-0.3, -0.25) is 9.80 Å². The van der Waals surface area contributed by atoms with Crippen LogP contribution in [0.3, 0.4) is 0 Å². The van der Waals surface area contributed by atoms with Gasteiger partial charge in [-0.1, -0.05) is 18.2 Å². The van der Waals surface area contributed by atoms with Gasteiger partial charge < -0.3 is 15.2 Å². The van der Waals surface area contributed by atoms with Gasteiger partial charge in [0.25, 0.3) is 0 Å². The number of fused-ring (bicyclic) bond motifs is 1. The molecule has 154 valence electrons. The molecule has 0 saturated carbocycles. The third kappa shape index (κ3) is 4.04. The molecule has 1 aliphatic heterocycles. The number of β-amino-alcohol motifs (C(OH)–C–C–N with tert-alkyl or cyclic N) is 1. The van der Waals surface area contributed by atoms with Crippen LogP contribution in [-0.4, -0.2) is 40.9 Å². The first kappa shape index (κ1) is 19.7. The van der Waals surface area contributed by atoms with Crippen LogP contribution in [0.5, 0.6) is 5.75 Å². The maximum absolute atomic E-state index is 13.3. The van der Waals surface area contributed by atoms with Crippen molar-refractivity contribution in [3.8, 4) is 5.75 Å². The number of urea groups is 1. The van der Waals surface area contributed by atoms with Crippen LogP contribution >= 0.6 is 0 Å². The summed E-state index contributed by atoms with van der Waals surface area (Å²) in [6.07, 6.45) is 1.00. The molecular weight excluding hydrogens is 382 g/mol. The molecule has 0 unspecified atom stereocenters. The SMILES string of the molecule is COc1ccc(N2Cc3cnc(Nc4ccccc4)nc3N(C[C@@H](C)O)C2=O)cc1. The molecule has 0 fully saturated rings. The summed E-state index contributed by atoms with van der Waals surface area (Å²) >= 11 is 0. The third-order valence-electron chi connectivity index (χ3n) is 4.75. The number of anilines is 4. The molecule has 2 heterocycles. The fourth-order valence-corrected chi connectivity index (χ4v) is 3.32. The molecule has 3 aromatic rings. The smallest absolute Gasteiger partial charge is 0.330 e. The highest BCUT2D eigenvalue weighted by atomic mass is 16.5. The number of ether oxygens (including phenoxy) is 1. The lowest BCUT2D eigenvalue weighted by Crippen LogP contribution is -2.50. The van der Waals surface area contributed by atoms with Crippen molar-refractivity contribution in [2.75, 3.05) is 28.8 Å². The van der Waals surface area contributed by atoms with Gasteiger partial charge in [0.15, 0.2) is 0 Å². The highest BCUT2D eigenvalue weighted by molar-refractivity contribution is 6.05. The normalized spacial score (nSPS) is 14.3. The minimum Gasteiger partial charge on any atom is -0.497 e. The van der Waals surface area contributed by atoms with Crippen LogP contribution < -0.4 is 19.9 Å². The Labute approximate surface area is 174 Å². The van der Waals surface area contributed by atoms with E-state index >= 15 is 0 Å². The number of aliphatic hydroxyl groups excluding tert-OH is 1. The van der Waals surface area contributed by atoms with Crippen LogP contribution in [0.4, 0.5) is 27.9 Å². The summed E-state index contributed by atoms with van der Waals surface area (Å²) in [5.74, 6) is 1.60. The van der Waals surface area contributed by atoms with E-state index in [2.05, 4.69) is 15.3 Å². The van der Waals surface area contributed by atoms with E-state index in [4.69, 9.17) is 4.74 Å². The molecule has 0 radical (unpaired) electrons. The number of methoxy groups -OCH3 is 1. The van der Waals surface area contributed by atoms with Crippen molar-refractivity contribution in [1.29, 1.82) is 0 Å². The molecule has 2 aromatic carbocycles. The minimum absolute atomic E-state index is 0.125. The van der Waals surface area contributed by atoms with Crippen molar-refractivity contribution in [1.82, 2.24) is 9.97 Å². The van der Waals surface area contributed by atoms with E-state index in [9.17, 15) is 9.90 Å². The van der Waals surface area contributed by atoms with Gasteiger partial charge in [0.05, 0.1) is 26.3 Å². The molecular formula is C22H23N5O3. The number of aliphatic hydroxyl groups is 1. The molecule has 0 saturated heterocycles. The van der Waals surface area contributed by atoms with Crippen molar-refractivity contribution < 1.29 is 14.6 Å². The van der Waals surface area contributed by atoms with Crippen molar-refractivity contribution in [3.05, 3.63) is 66.4 Å². The van der Waals surface area contributed by atoms with E-state index < -0.39 is 6.10 Å². The van der Waals surface area contributed by atoms with Crippen molar-refractivity contribution in [2.24, 2.45) is 0 Å². The number of hydrogen-bond acceptors (Lipinski definition) is 6. The molecule has 8 heteroatoms. The molecule has 2 amide bonds. The summed E-state index contributed by atoms with van der Waals surface area (Å²) < 4.78 is 5.20. The third-order valence-corrected chi connectivity index (χ3v) is 4.75. The van der Waals surface area contributed by atoms with Gasteiger partial charge in [0, 0.05) is 23.1 Å². The number of hydrogen-bond donors (Lipinski definition) is 2. The van der Waals surface area contributed by atoms with Gasteiger partial charge in [-0.2, -0.15) is 4.98 Å². The number of amides is 2. The Balaban J connectivity index is 1.68. The Morgan fingerprint density at radius 3 is 2.57 bits per heavy atom. The van der Waals surface area contributed by atoms with Gasteiger partial charge in [-0.05, 0) is 43.3 Å². The number of carbonyl (C=O) groups is 1. The Morgan fingerprint density at radius 2 is 1.90 bits per heavy atom. The average molecular weight is 405 g/mol. The second kappa shape index (κ2) is 8.38. The fourth-order valence-electron chi connectivity index (χ4n) is 3.32. The highest BCUT2D eigenvalue weighted by Gasteiger charge is 2.33. The van der Waals surface area contributed by atoms with Gasteiger partial charge in [0.1, 0.15) is 11.6 Å². The predicted molar refractivity (Wildman–Crippen MR) is 115 cm³/mol. The summed E-state index contributed by atoms with van der Waals surface area (Å²) in [7, 11) is 1.60. The Bertz CT molecular complexity index is 1020. The molecule has 0 aliphatic carbocycles. The quantitative estimate of drug-likeness (QED) is 0.652. The first-order valence-corrected chi connectivity index (χ1v) is 9.64. The zero-order valence-corrected chi connectivity index (χ0v) is 16.8. The Morgan fingerprint density at radius 1 is 1.17 bits per heavy atom. The molecule has 1 atom stereocenters. The minimum atomic E-state index is -0.710. The first-order chi connectivity index (χ1) is 14.5. The van der Waals surface area contributed by atoms with Gasteiger partial charge in [-0.25, -0.2) is 9.78 Å². The molecule has 1 aliphatic rings. The summed E-state index contributed by atoms with van der Waals surface area (Å²) in [4.78, 5) is 25.4. The van der Waals surface area contributed by atoms with Gasteiger partial charge >= 0.3 is 6.03 Å². The molecule has 30 heavy (non-hydrogen) atoms. The average Bonchev–Trinajstić information content (AvgIpc) is 2.76. The number of nitrogens with one attached hydrogen (secondary N) is 1. The second-order valence-electron chi connectivity index (χ2n) is 7.06. The van der Waals surface area contributed by atoms with E-state index in [1.165, 1.54) is 4.90 Å². The van der Waals surface area contributed by atoms with Crippen LogP contribution in [0.1, 0.15) is 12.5 Å². The van der Waals surface area contributed by atoms with E-state index in [0.717, 1.165) is 16.9 Å². The van der Waals surface area contributed by atoms with Crippen LogP contribution in [0.2, 0.25) is 0 Å². The summed E-state index contributed by atoms with van der Waals surface area (Å²) in [5.41, 5.74) is 2.37. The molecule has 1 aromatic heterocycles. The summed E-state index contributed by atoms with van der Waals surface area (Å²) in [6.45, 7) is 2.10. The largest absolute Gasteiger partial charge is 0.497 e. The zero-order valence-electron chi connectivity index (χ0n) is 16.8. The number of nitrogens with zero attached hydrogens (tertiary/aromatic N) is 4. The maximum Gasteiger partial charge on any atom is 0.330 e. The molecule has 0 bridgehead atoms. The van der Waals surface area contributed by atoms with Crippen LogP contribution in [0.25, 0.3) is 0 Å². The van der Waals surface area contributed by atoms with Gasteiger partial charge in [-0.15, -0.1) is 0 Å². The molecule has 2 N–H and O–H groups in total. The van der Waals surface area contributed by atoms with Crippen molar-refractivity contribution in [2.45, 2.75) is 19.6 Å². The van der Waals surface area contributed by atoms with Crippen LogP contribution in [-0.2, 0) is 6.54 Å². The summed E-state index contributed by atoms with van der Waals surface area (Å²) in [6, 6.07) is 16.6. The lowest BCUT2D eigenvalue weighted by molar-refractivity contribution is 0.196. The van der Waals surface area contributed by atoms with E-state index in [1.807, 2.05) is 42.5 Å². The topological polar surface area (TPSA) is 90.8 Å². The van der Waals surface area contributed by atoms with E-state index in [1.54, 1.807) is 37.3 Å². The van der Waals surface area contributed by atoms with Crippen LogP contribution in [0, 0.1) is 0 Å². The Hall–Kier alpha value is -3.65. The number of para-hydroxylation sites is 1. The Kier molecular flexibility index (Phi) is 5.49. The zero-order chi connectivity index (χ0) is 21.1. The number of aromatic nitrogens is 2. The first-order valence-electron chi connectivity index (χ1n) is 9.64. The second-order valence-corrected chi connectivity index (χ2v) is 7.06. The fraction of sp³-hybridized carbons (Fsp3) is 0.227. The number of rotatable bonds is 6. The van der Waals surface area contributed by atoms with E-state index in [-0.39, 0.29) is 12.6 Å². The standard InChI is InChI=1S/C22H23N5O3/c1-15(28)13-27-20-16(12-23-21(25-20)24-17-6-4-3-5-7-17)14-26(22(27)29)18-8-10-19(30-2)11-9-18/h3-12,15,28H,13-14H2,1-2H3,(H,23,24,25)/t15-/m1/s1. The maximum atomic E-state index is 13.3.